The van der Waals surface area contributed by atoms with Crippen LogP contribution < -0.4 is 5.32 Å². The van der Waals surface area contributed by atoms with Crippen LogP contribution in [0.5, 0.6) is 0 Å². The average Bonchev–Trinajstić information content (AvgIpc) is 2.35. The minimum Gasteiger partial charge on any atom is -0.351 e. The molecule has 112 valence electrons. The number of alkyl halides is 4. The van der Waals surface area contributed by atoms with Crippen molar-refractivity contribution in [1.82, 2.24) is 5.32 Å². The van der Waals surface area contributed by atoms with E-state index in [9.17, 15) is 18.0 Å². The van der Waals surface area contributed by atoms with Crippen molar-refractivity contribution in [2.24, 2.45) is 0 Å². The highest BCUT2D eigenvalue weighted by molar-refractivity contribution is 9.10. The molecule has 1 amide bonds. The zero-order valence-corrected chi connectivity index (χ0v) is 13.1. The Labute approximate surface area is 128 Å². The van der Waals surface area contributed by atoms with Crippen LogP contribution in [0.3, 0.4) is 0 Å². The second kappa shape index (κ2) is 7.31. The lowest BCUT2D eigenvalue weighted by Gasteiger charge is -2.12. The summed E-state index contributed by atoms with van der Waals surface area (Å²) in [4.78, 5) is 11.9. The van der Waals surface area contributed by atoms with Gasteiger partial charge in [-0.2, -0.15) is 13.2 Å². The lowest BCUT2D eigenvalue weighted by Crippen LogP contribution is -2.30. The number of amides is 1. The second-order valence-corrected chi connectivity index (χ2v) is 5.76. The van der Waals surface area contributed by atoms with Gasteiger partial charge in [-0.15, -0.1) is 11.6 Å². The Balaban J connectivity index is 2.82. The Hall–Kier alpha value is -0.750. The van der Waals surface area contributed by atoms with E-state index in [-0.39, 0.29) is 17.5 Å². The highest BCUT2D eigenvalue weighted by Gasteiger charge is 2.31. The van der Waals surface area contributed by atoms with E-state index in [1.54, 1.807) is 0 Å². The van der Waals surface area contributed by atoms with Crippen molar-refractivity contribution in [2.75, 3.05) is 6.54 Å². The Morgan fingerprint density at radius 2 is 2.10 bits per heavy atom. The molecule has 1 N–H and O–H groups in total. The zero-order valence-electron chi connectivity index (χ0n) is 10.7. The lowest BCUT2D eigenvalue weighted by molar-refractivity contribution is -0.137. The average molecular weight is 373 g/mol. The fourth-order valence-electron chi connectivity index (χ4n) is 1.59. The first kappa shape index (κ1) is 17.3. The molecule has 1 aromatic carbocycles. The molecule has 7 heteroatoms. The molecule has 2 nitrogen and oxygen atoms in total. The fraction of sp³-hybridized carbons (Fsp3) is 0.462. The SMILES string of the molecule is CCCC(Cl)CNC(=O)c1cc(C(F)(F)F)ccc1Br. The summed E-state index contributed by atoms with van der Waals surface area (Å²) >= 11 is 9.02. The third-order valence-corrected chi connectivity index (χ3v) is 3.69. The molecular weight excluding hydrogens is 358 g/mol. The first-order chi connectivity index (χ1) is 9.25. The third kappa shape index (κ3) is 4.98. The molecule has 0 spiro atoms. The predicted molar refractivity (Wildman–Crippen MR) is 76.0 cm³/mol. The highest BCUT2D eigenvalue weighted by Crippen LogP contribution is 2.31. The van der Waals surface area contributed by atoms with E-state index >= 15 is 0 Å². The summed E-state index contributed by atoms with van der Waals surface area (Å²) in [5.41, 5.74) is -0.915. The second-order valence-electron chi connectivity index (χ2n) is 4.29. The third-order valence-electron chi connectivity index (χ3n) is 2.62. The van der Waals surface area contributed by atoms with Crippen molar-refractivity contribution in [3.63, 3.8) is 0 Å². The number of carbonyl (C=O) groups is 1. The maximum Gasteiger partial charge on any atom is 0.416 e. The molecule has 0 fully saturated rings. The van der Waals surface area contributed by atoms with Gasteiger partial charge in [0.1, 0.15) is 0 Å². The van der Waals surface area contributed by atoms with Crippen molar-refractivity contribution in [3.05, 3.63) is 33.8 Å². The molecule has 0 radical (unpaired) electrons. The summed E-state index contributed by atoms with van der Waals surface area (Å²) in [6, 6.07) is 2.95. The predicted octanol–water partition coefficient (Wildman–Crippen LogP) is 4.61. The minimum absolute atomic E-state index is 0.0554. The van der Waals surface area contributed by atoms with Crippen molar-refractivity contribution in [3.8, 4) is 0 Å². The summed E-state index contributed by atoms with van der Waals surface area (Å²) in [6.45, 7) is 2.18. The summed E-state index contributed by atoms with van der Waals surface area (Å²) < 4.78 is 38.1. The van der Waals surface area contributed by atoms with E-state index in [1.165, 1.54) is 6.07 Å². The van der Waals surface area contributed by atoms with Crippen molar-refractivity contribution in [2.45, 2.75) is 31.3 Å². The molecule has 20 heavy (non-hydrogen) atoms. The number of nitrogens with one attached hydrogen (secondary N) is 1. The Bertz CT molecular complexity index is 479. The van der Waals surface area contributed by atoms with Gasteiger partial charge in [0.15, 0.2) is 0 Å². The number of halogens is 5. The molecule has 1 rings (SSSR count). The molecule has 1 atom stereocenters. The smallest absolute Gasteiger partial charge is 0.351 e. The van der Waals surface area contributed by atoms with E-state index in [4.69, 9.17) is 11.6 Å². The summed E-state index contributed by atoms with van der Waals surface area (Å²) in [5, 5.41) is 2.31. The normalized spacial score (nSPS) is 13.1. The van der Waals surface area contributed by atoms with Gasteiger partial charge in [0.25, 0.3) is 5.91 Å². The van der Waals surface area contributed by atoms with Gasteiger partial charge in [0.2, 0.25) is 0 Å². The molecule has 0 saturated heterocycles. The van der Waals surface area contributed by atoms with Crippen molar-refractivity contribution < 1.29 is 18.0 Å². The molecule has 0 heterocycles. The van der Waals surface area contributed by atoms with Crippen LogP contribution in [-0.4, -0.2) is 17.8 Å². The molecule has 0 aromatic heterocycles. The van der Waals surface area contributed by atoms with E-state index in [2.05, 4.69) is 21.2 Å². The van der Waals surface area contributed by atoms with Gasteiger partial charge in [-0.25, -0.2) is 0 Å². The van der Waals surface area contributed by atoms with Crippen molar-refractivity contribution >= 4 is 33.4 Å². The first-order valence-corrected chi connectivity index (χ1v) is 7.27. The fourth-order valence-corrected chi connectivity index (χ4v) is 2.31. The van der Waals surface area contributed by atoms with Crippen molar-refractivity contribution in [1.29, 1.82) is 0 Å². The van der Waals surface area contributed by atoms with Gasteiger partial charge in [-0.3, -0.25) is 4.79 Å². The Morgan fingerprint density at radius 1 is 1.45 bits per heavy atom. The summed E-state index contributed by atoms with van der Waals surface area (Å²) in [5.74, 6) is -0.579. The molecule has 0 saturated carbocycles. The Kier molecular flexibility index (Phi) is 6.33. The van der Waals surface area contributed by atoms with Crippen LogP contribution in [0.25, 0.3) is 0 Å². The largest absolute Gasteiger partial charge is 0.416 e. The van der Waals surface area contributed by atoms with Crippen LogP contribution >= 0.6 is 27.5 Å². The van der Waals surface area contributed by atoms with Crippen LogP contribution in [0, 0.1) is 0 Å². The number of carbonyl (C=O) groups excluding carboxylic acids is 1. The molecule has 1 aromatic rings. The van der Waals surface area contributed by atoms with E-state index < -0.39 is 17.6 Å². The molecule has 1 unspecified atom stereocenters. The van der Waals surface area contributed by atoms with Crippen LogP contribution in [0.1, 0.15) is 35.7 Å². The number of rotatable bonds is 5. The number of hydrogen-bond acceptors (Lipinski definition) is 1. The maximum atomic E-state index is 12.6. The quantitative estimate of drug-likeness (QED) is 0.752. The topological polar surface area (TPSA) is 29.1 Å². The highest BCUT2D eigenvalue weighted by atomic mass is 79.9. The number of benzene rings is 1. The van der Waals surface area contributed by atoms with Crippen LogP contribution in [0.15, 0.2) is 22.7 Å². The minimum atomic E-state index is -4.48. The van der Waals surface area contributed by atoms with E-state index in [0.29, 0.717) is 4.47 Å². The molecular formula is C13H14BrClF3NO. The molecule has 0 aliphatic carbocycles. The lowest BCUT2D eigenvalue weighted by atomic mass is 10.1. The first-order valence-electron chi connectivity index (χ1n) is 6.04. The van der Waals surface area contributed by atoms with E-state index in [1.807, 2.05) is 6.92 Å². The van der Waals surface area contributed by atoms with Gasteiger partial charge in [-0.1, -0.05) is 13.3 Å². The Morgan fingerprint density at radius 3 is 2.65 bits per heavy atom. The van der Waals surface area contributed by atoms with Gasteiger partial charge >= 0.3 is 6.18 Å². The van der Waals surface area contributed by atoms with Gasteiger partial charge in [0, 0.05) is 11.0 Å². The van der Waals surface area contributed by atoms with Gasteiger partial charge < -0.3 is 5.32 Å². The summed E-state index contributed by atoms with van der Waals surface area (Å²) in [7, 11) is 0. The van der Waals surface area contributed by atoms with Crippen LogP contribution in [-0.2, 0) is 6.18 Å². The summed E-state index contributed by atoms with van der Waals surface area (Å²) in [6.07, 6.45) is -2.88. The van der Waals surface area contributed by atoms with Crippen LogP contribution in [0.2, 0.25) is 0 Å². The zero-order chi connectivity index (χ0) is 15.3. The van der Waals surface area contributed by atoms with Gasteiger partial charge in [0.05, 0.1) is 16.5 Å². The maximum absolute atomic E-state index is 12.6. The standard InChI is InChI=1S/C13H14BrClF3NO/c1-2-3-9(15)7-19-12(20)10-6-8(13(16,17)18)4-5-11(10)14/h4-6,9H,2-3,7H2,1H3,(H,19,20). The molecule has 0 aliphatic rings. The van der Waals surface area contributed by atoms with Gasteiger partial charge in [-0.05, 0) is 40.5 Å². The number of hydrogen-bond donors (Lipinski definition) is 1. The molecule has 0 bridgehead atoms. The van der Waals surface area contributed by atoms with E-state index in [0.717, 1.165) is 25.0 Å². The molecule has 0 aliphatic heterocycles. The van der Waals surface area contributed by atoms with Crippen LogP contribution in [0.4, 0.5) is 13.2 Å². The monoisotopic (exact) mass is 371 g/mol.